The standard InChI is InChI=1S/C25H29N3O3S.C2H2O4/c29-23(19-7-6-18-8-9-25(30)26-21(18)17-19)4-2-11-27-12-13-28(31-15-14-27)22-3-1-5-24-20(22)10-16-32-24;3-1(4)2(5)6/h1,3,5-7,10,16-17,23,29H,2,4,8-9,11-15H2,(H,26,30);(H,3,4)(H,5,6). The SMILES string of the molecule is O=C(O)C(=O)O.O=C1CCc2ccc(C(O)CCCN3CCON(c4cccc5sccc45)CC3)cc2N1. The lowest BCUT2D eigenvalue weighted by molar-refractivity contribution is -0.159. The number of thiophene rings is 1. The van der Waals surface area contributed by atoms with E-state index in [0.717, 1.165) is 61.5 Å². The van der Waals surface area contributed by atoms with Crippen molar-refractivity contribution in [2.75, 3.05) is 43.2 Å². The highest BCUT2D eigenvalue weighted by atomic mass is 32.1. The summed E-state index contributed by atoms with van der Waals surface area (Å²) in [4.78, 5) is 38.3. The highest BCUT2D eigenvalue weighted by molar-refractivity contribution is 7.17. The number of hydroxylamine groups is 1. The number of hydrogen-bond donors (Lipinski definition) is 4. The number of fused-ring (bicyclic) bond motifs is 2. The molecule has 10 nitrogen and oxygen atoms in total. The van der Waals surface area contributed by atoms with Gasteiger partial charge in [-0.15, -0.1) is 11.3 Å². The highest BCUT2D eigenvalue weighted by Gasteiger charge is 2.20. The monoisotopic (exact) mass is 541 g/mol. The Morgan fingerprint density at radius 2 is 1.87 bits per heavy atom. The van der Waals surface area contributed by atoms with Crippen LogP contribution < -0.4 is 10.4 Å². The second kappa shape index (κ2) is 12.8. The van der Waals surface area contributed by atoms with Gasteiger partial charge in [0, 0.05) is 35.3 Å². The van der Waals surface area contributed by atoms with Crippen molar-refractivity contribution in [2.24, 2.45) is 0 Å². The van der Waals surface area contributed by atoms with Crippen LogP contribution in [0, 0.1) is 0 Å². The van der Waals surface area contributed by atoms with Gasteiger partial charge in [0.25, 0.3) is 0 Å². The molecule has 0 bridgehead atoms. The first-order valence-corrected chi connectivity index (χ1v) is 13.4. The van der Waals surface area contributed by atoms with E-state index in [9.17, 15) is 9.90 Å². The fraction of sp³-hybridized carbons (Fsp3) is 0.370. The minimum atomic E-state index is -1.82. The Hall–Kier alpha value is -3.51. The second-order valence-corrected chi connectivity index (χ2v) is 10.1. The van der Waals surface area contributed by atoms with Crippen LogP contribution in [0.4, 0.5) is 11.4 Å². The number of amides is 1. The first kappa shape index (κ1) is 27.5. The van der Waals surface area contributed by atoms with Crippen LogP contribution in [-0.2, 0) is 25.6 Å². The number of nitrogens with one attached hydrogen (secondary N) is 1. The fourth-order valence-electron chi connectivity index (χ4n) is 4.57. The van der Waals surface area contributed by atoms with E-state index in [0.29, 0.717) is 19.4 Å². The topological polar surface area (TPSA) is 140 Å². The molecule has 2 aliphatic rings. The molecule has 2 aliphatic heterocycles. The van der Waals surface area contributed by atoms with E-state index < -0.39 is 18.0 Å². The number of hydrogen-bond acceptors (Lipinski definition) is 8. The molecule has 3 aromatic rings. The van der Waals surface area contributed by atoms with Crippen molar-refractivity contribution in [1.29, 1.82) is 0 Å². The van der Waals surface area contributed by atoms with E-state index in [2.05, 4.69) is 39.9 Å². The molecule has 0 spiro atoms. The molecule has 0 radical (unpaired) electrons. The largest absolute Gasteiger partial charge is 0.473 e. The maximum Gasteiger partial charge on any atom is 0.414 e. The van der Waals surface area contributed by atoms with Gasteiger partial charge in [-0.3, -0.25) is 19.6 Å². The predicted molar refractivity (Wildman–Crippen MR) is 144 cm³/mol. The van der Waals surface area contributed by atoms with E-state index in [1.54, 1.807) is 11.3 Å². The molecule has 2 aromatic carbocycles. The molecule has 5 rings (SSSR count). The van der Waals surface area contributed by atoms with Gasteiger partial charge in [0.15, 0.2) is 0 Å². The number of nitrogens with zero attached hydrogens (tertiary/aromatic N) is 2. The smallest absolute Gasteiger partial charge is 0.414 e. The van der Waals surface area contributed by atoms with Crippen LogP contribution in [-0.4, -0.2) is 70.9 Å². The fourth-order valence-corrected chi connectivity index (χ4v) is 5.38. The molecule has 3 heterocycles. The Bertz CT molecular complexity index is 1280. The number of aliphatic hydroxyl groups is 1. The molecule has 1 fully saturated rings. The Balaban J connectivity index is 0.000000505. The zero-order valence-corrected chi connectivity index (χ0v) is 21.7. The van der Waals surface area contributed by atoms with Crippen molar-refractivity contribution in [3.63, 3.8) is 0 Å². The molecule has 0 saturated carbocycles. The molecule has 1 atom stereocenters. The van der Waals surface area contributed by atoms with Crippen molar-refractivity contribution in [3.8, 4) is 0 Å². The van der Waals surface area contributed by atoms with E-state index in [1.807, 2.05) is 23.3 Å². The summed E-state index contributed by atoms with van der Waals surface area (Å²) >= 11 is 1.75. The number of benzene rings is 2. The maximum absolute atomic E-state index is 11.7. The van der Waals surface area contributed by atoms with Crippen LogP contribution in [0.15, 0.2) is 47.8 Å². The van der Waals surface area contributed by atoms with Gasteiger partial charge in [0.2, 0.25) is 5.91 Å². The molecular formula is C27H31N3O7S. The van der Waals surface area contributed by atoms with Crippen LogP contribution in [0.5, 0.6) is 0 Å². The number of aliphatic carboxylic acids is 2. The molecule has 1 amide bonds. The van der Waals surface area contributed by atoms with Crippen molar-refractivity contribution in [2.45, 2.75) is 31.8 Å². The van der Waals surface area contributed by atoms with Crippen molar-refractivity contribution < 1.29 is 34.5 Å². The van der Waals surface area contributed by atoms with Crippen LogP contribution in [0.1, 0.15) is 36.5 Å². The lowest BCUT2D eigenvalue weighted by atomic mass is 9.97. The average Bonchev–Trinajstić information content (AvgIpc) is 3.27. The maximum atomic E-state index is 11.7. The summed E-state index contributed by atoms with van der Waals surface area (Å²) in [7, 11) is 0. The third-order valence-corrected chi connectivity index (χ3v) is 7.45. The van der Waals surface area contributed by atoms with E-state index in [1.165, 1.54) is 10.1 Å². The lowest BCUT2D eigenvalue weighted by Gasteiger charge is -2.23. The normalized spacial score (nSPS) is 16.6. The Labute approximate surface area is 224 Å². The third kappa shape index (κ3) is 7.07. The van der Waals surface area contributed by atoms with E-state index in [4.69, 9.17) is 24.6 Å². The van der Waals surface area contributed by atoms with Crippen molar-refractivity contribution in [3.05, 3.63) is 59.0 Å². The van der Waals surface area contributed by atoms with Crippen LogP contribution in [0.25, 0.3) is 10.1 Å². The van der Waals surface area contributed by atoms with E-state index >= 15 is 0 Å². The van der Waals surface area contributed by atoms with Gasteiger partial charge in [-0.2, -0.15) is 0 Å². The quantitative estimate of drug-likeness (QED) is 0.345. The molecule has 1 unspecified atom stereocenters. The molecule has 0 aliphatic carbocycles. The summed E-state index contributed by atoms with van der Waals surface area (Å²) in [5.41, 5.74) is 4.01. The lowest BCUT2D eigenvalue weighted by Crippen LogP contribution is -2.31. The predicted octanol–water partition coefficient (Wildman–Crippen LogP) is 3.51. The zero-order valence-electron chi connectivity index (χ0n) is 20.8. The zero-order chi connectivity index (χ0) is 27.1. The highest BCUT2D eigenvalue weighted by Crippen LogP contribution is 2.31. The number of carboxylic acids is 2. The summed E-state index contributed by atoms with van der Waals surface area (Å²) < 4.78 is 1.28. The van der Waals surface area contributed by atoms with Crippen molar-refractivity contribution in [1.82, 2.24) is 4.90 Å². The number of rotatable bonds is 6. The van der Waals surface area contributed by atoms with Gasteiger partial charge < -0.3 is 20.6 Å². The van der Waals surface area contributed by atoms with Gasteiger partial charge in [0.05, 0.1) is 24.9 Å². The Morgan fingerprint density at radius 3 is 2.66 bits per heavy atom. The third-order valence-electron chi connectivity index (χ3n) is 6.56. The number of carboxylic acid groups (broad SMARTS) is 2. The number of anilines is 2. The molecule has 1 saturated heterocycles. The molecule has 38 heavy (non-hydrogen) atoms. The summed E-state index contributed by atoms with van der Waals surface area (Å²) in [6, 6.07) is 14.5. The molecular weight excluding hydrogens is 510 g/mol. The van der Waals surface area contributed by atoms with Gasteiger partial charge in [-0.05, 0) is 66.6 Å². The summed E-state index contributed by atoms with van der Waals surface area (Å²) in [5, 5.41) is 33.8. The van der Waals surface area contributed by atoms with Crippen molar-refractivity contribution >= 4 is 50.6 Å². The molecule has 1 aromatic heterocycles. The molecule has 11 heteroatoms. The average molecular weight is 542 g/mol. The van der Waals surface area contributed by atoms with Gasteiger partial charge in [-0.25, -0.2) is 9.59 Å². The van der Waals surface area contributed by atoms with Gasteiger partial charge in [-0.1, -0.05) is 18.2 Å². The number of aliphatic hydroxyl groups excluding tert-OH is 1. The Morgan fingerprint density at radius 1 is 1.05 bits per heavy atom. The van der Waals surface area contributed by atoms with Crippen LogP contribution >= 0.6 is 11.3 Å². The van der Waals surface area contributed by atoms with E-state index in [-0.39, 0.29) is 5.91 Å². The second-order valence-electron chi connectivity index (χ2n) is 9.12. The van der Waals surface area contributed by atoms with Crippen LogP contribution in [0.3, 0.4) is 0 Å². The molecule has 202 valence electrons. The van der Waals surface area contributed by atoms with Gasteiger partial charge in [0.1, 0.15) is 0 Å². The molecule has 4 N–H and O–H groups in total. The number of carbonyl (C=O) groups excluding carboxylic acids is 1. The van der Waals surface area contributed by atoms with Crippen LogP contribution in [0.2, 0.25) is 0 Å². The first-order valence-electron chi connectivity index (χ1n) is 12.5. The summed E-state index contributed by atoms with van der Waals surface area (Å²) in [6.07, 6.45) is 2.39. The minimum Gasteiger partial charge on any atom is -0.473 e. The number of aryl methyl sites for hydroxylation is 1. The summed E-state index contributed by atoms with van der Waals surface area (Å²) in [5.74, 6) is -3.60. The number of carbonyl (C=O) groups is 3. The minimum absolute atomic E-state index is 0.0526. The Kier molecular flexibility index (Phi) is 9.29. The first-order chi connectivity index (χ1) is 18.3. The summed E-state index contributed by atoms with van der Waals surface area (Å²) in [6.45, 7) is 4.23. The van der Waals surface area contributed by atoms with Gasteiger partial charge >= 0.3 is 11.9 Å².